The number of rotatable bonds is 5. The molecule has 0 bridgehead atoms. The fourth-order valence-electron chi connectivity index (χ4n) is 3.95. The van der Waals surface area contributed by atoms with Crippen molar-refractivity contribution in [2.24, 2.45) is 7.05 Å². The third-order valence-electron chi connectivity index (χ3n) is 5.96. The summed E-state index contributed by atoms with van der Waals surface area (Å²) in [4.78, 5) is 13.3. The predicted octanol–water partition coefficient (Wildman–Crippen LogP) is 4.07. The number of aromatic nitrogens is 3. The monoisotopic (exact) mass is 487 g/mol. The van der Waals surface area contributed by atoms with Gasteiger partial charge in [0.1, 0.15) is 22.2 Å². The summed E-state index contributed by atoms with van der Waals surface area (Å²) in [6, 6.07) is 8.99. The number of halogens is 1. The SMILES string of the molecule is Cn1cc(S(=O)(=O)N2CCCCC2)cc1C(=O)Nc1cc(C(C)(C)C)nn1-c1ccc(F)cc1. The van der Waals surface area contributed by atoms with Crippen molar-refractivity contribution >= 4 is 21.7 Å². The van der Waals surface area contributed by atoms with E-state index in [1.54, 1.807) is 29.9 Å². The van der Waals surface area contributed by atoms with Gasteiger partial charge in [0, 0.05) is 37.8 Å². The van der Waals surface area contributed by atoms with Gasteiger partial charge in [-0.1, -0.05) is 27.2 Å². The summed E-state index contributed by atoms with van der Waals surface area (Å²) in [6.45, 7) is 7.00. The molecule has 182 valence electrons. The molecule has 0 atom stereocenters. The zero-order valence-electron chi connectivity index (χ0n) is 19.9. The molecule has 0 spiro atoms. The first-order valence-electron chi connectivity index (χ1n) is 11.3. The molecule has 1 N–H and O–H groups in total. The molecule has 4 rings (SSSR count). The van der Waals surface area contributed by atoms with Crippen LogP contribution in [0.5, 0.6) is 0 Å². The van der Waals surface area contributed by atoms with Gasteiger partial charge in [-0.15, -0.1) is 0 Å². The maximum atomic E-state index is 13.5. The van der Waals surface area contributed by atoms with Crippen LogP contribution in [0.1, 0.15) is 56.2 Å². The van der Waals surface area contributed by atoms with Crippen molar-refractivity contribution in [3.63, 3.8) is 0 Å². The van der Waals surface area contributed by atoms with Gasteiger partial charge in [0.05, 0.1) is 11.4 Å². The maximum absolute atomic E-state index is 13.5. The molecule has 1 saturated heterocycles. The zero-order chi connectivity index (χ0) is 24.7. The Labute approximate surface area is 199 Å². The Hall–Kier alpha value is -2.98. The van der Waals surface area contributed by atoms with Crippen molar-refractivity contribution in [2.75, 3.05) is 18.4 Å². The molecule has 2 aromatic heterocycles. The number of amides is 1. The van der Waals surface area contributed by atoms with Crippen LogP contribution in [-0.4, -0.2) is 46.1 Å². The standard InChI is InChI=1S/C24H30FN5O3S/c1-24(2,3)21-15-22(30(27-21)18-10-8-17(25)9-11-18)26-23(31)20-14-19(16-28(20)4)34(32,33)29-12-6-5-7-13-29/h8-11,14-16H,5-7,12-13H2,1-4H3,(H,26,31). The molecule has 0 radical (unpaired) electrons. The van der Waals surface area contributed by atoms with E-state index in [4.69, 9.17) is 0 Å². The van der Waals surface area contributed by atoms with E-state index in [1.165, 1.54) is 33.3 Å². The fraction of sp³-hybridized carbons (Fsp3) is 0.417. The van der Waals surface area contributed by atoms with Crippen LogP contribution in [0.3, 0.4) is 0 Å². The second-order valence-electron chi connectivity index (χ2n) is 9.64. The van der Waals surface area contributed by atoms with Crippen LogP contribution in [-0.2, 0) is 22.5 Å². The molecule has 1 aliphatic heterocycles. The Kier molecular flexibility index (Phi) is 6.39. The van der Waals surface area contributed by atoms with E-state index >= 15 is 0 Å². The number of anilines is 1. The van der Waals surface area contributed by atoms with Crippen LogP contribution in [0, 0.1) is 5.82 Å². The molecule has 10 heteroatoms. The molecular weight excluding hydrogens is 457 g/mol. The highest BCUT2D eigenvalue weighted by Crippen LogP contribution is 2.27. The second-order valence-corrected chi connectivity index (χ2v) is 11.6. The highest BCUT2D eigenvalue weighted by atomic mass is 32.2. The van der Waals surface area contributed by atoms with Gasteiger partial charge in [-0.25, -0.2) is 17.5 Å². The molecule has 0 saturated carbocycles. The van der Waals surface area contributed by atoms with E-state index in [0.29, 0.717) is 24.6 Å². The molecule has 3 aromatic rings. The lowest BCUT2D eigenvalue weighted by atomic mass is 9.92. The van der Waals surface area contributed by atoms with E-state index in [0.717, 1.165) is 25.0 Å². The lowest BCUT2D eigenvalue weighted by Gasteiger charge is -2.25. The number of hydrogen-bond donors (Lipinski definition) is 1. The number of hydrogen-bond acceptors (Lipinski definition) is 4. The fourth-order valence-corrected chi connectivity index (χ4v) is 5.54. The molecular formula is C24H30FN5O3S. The lowest BCUT2D eigenvalue weighted by molar-refractivity contribution is 0.101. The number of benzene rings is 1. The van der Waals surface area contributed by atoms with E-state index in [1.807, 2.05) is 20.8 Å². The number of carbonyl (C=O) groups is 1. The van der Waals surface area contributed by atoms with Gasteiger partial charge >= 0.3 is 0 Å². The maximum Gasteiger partial charge on any atom is 0.273 e. The van der Waals surface area contributed by atoms with Gasteiger partial charge in [-0.05, 0) is 43.2 Å². The van der Waals surface area contributed by atoms with Crippen LogP contribution in [0.25, 0.3) is 5.69 Å². The molecule has 0 unspecified atom stereocenters. The third kappa shape index (κ3) is 4.78. The van der Waals surface area contributed by atoms with Crippen LogP contribution in [0.4, 0.5) is 10.2 Å². The Morgan fingerprint density at radius 2 is 1.71 bits per heavy atom. The average molecular weight is 488 g/mol. The lowest BCUT2D eigenvalue weighted by Crippen LogP contribution is -2.35. The summed E-state index contributed by atoms with van der Waals surface area (Å²) in [6.07, 6.45) is 4.16. The first-order chi connectivity index (χ1) is 16.0. The number of nitrogens with zero attached hydrogens (tertiary/aromatic N) is 4. The molecule has 34 heavy (non-hydrogen) atoms. The quantitative estimate of drug-likeness (QED) is 0.587. The van der Waals surface area contributed by atoms with Crippen molar-refractivity contribution in [3.8, 4) is 5.69 Å². The van der Waals surface area contributed by atoms with Crippen LogP contribution in [0.2, 0.25) is 0 Å². The van der Waals surface area contributed by atoms with E-state index in [2.05, 4.69) is 10.4 Å². The van der Waals surface area contributed by atoms with Crippen LogP contribution < -0.4 is 5.32 Å². The van der Waals surface area contributed by atoms with E-state index < -0.39 is 15.9 Å². The molecule has 8 nitrogen and oxygen atoms in total. The zero-order valence-corrected chi connectivity index (χ0v) is 20.7. The van der Waals surface area contributed by atoms with E-state index in [9.17, 15) is 17.6 Å². The molecule has 0 aliphatic carbocycles. The Balaban J connectivity index is 1.65. The number of sulfonamides is 1. The smallest absolute Gasteiger partial charge is 0.273 e. The minimum atomic E-state index is -3.66. The summed E-state index contributed by atoms with van der Waals surface area (Å²) in [5.41, 5.74) is 1.25. The number of piperidine rings is 1. The van der Waals surface area contributed by atoms with E-state index in [-0.39, 0.29) is 21.8 Å². The average Bonchev–Trinajstić information content (AvgIpc) is 3.39. The van der Waals surface area contributed by atoms with Gasteiger partial charge in [-0.2, -0.15) is 9.40 Å². The van der Waals surface area contributed by atoms with Crippen molar-refractivity contribution in [1.82, 2.24) is 18.7 Å². The highest BCUT2D eigenvalue weighted by Gasteiger charge is 2.29. The van der Waals surface area contributed by atoms with Crippen molar-refractivity contribution in [1.29, 1.82) is 0 Å². The summed E-state index contributed by atoms with van der Waals surface area (Å²) in [7, 11) is -2.02. The minimum Gasteiger partial charge on any atom is -0.345 e. The van der Waals surface area contributed by atoms with Crippen LogP contribution >= 0.6 is 0 Å². The molecule has 3 heterocycles. The summed E-state index contributed by atoms with van der Waals surface area (Å²) >= 11 is 0. The molecule has 1 aliphatic rings. The number of nitrogens with one attached hydrogen (secondary N) is 1. The third-order valence-corrected chi connectivity index (χ3v) is 7.82. The van der Waals surface area contributed by atoms with Crippen LogP contribution in [0.15, 0.2) is 47.5 Å². The van der Waals surface area contributed by atoms with Crippen molar-refractivity contribution in [3.05, 3.63) is 59.8 Å². The topological polar surface area (TPSA) is 89.2 Å². The van der Waals surface area contributed by atoms with Gasteiger partial charge in [0.15, 0.2) is 0 Å². The van der Waals surface area contributed by atoms with Gasteiger partial charge < -0.3 is 9.88 Å². The summed E-state index contributed by atoms with van der Waals surface area (Å²) < 4.78 is 44.1. The van der Waals surface area contributed by atoms with Gasteiger partial charge in [-0.3, -0.25) is 4.79 Å². The molecule has 1 aromatic carbocycles. The normalized spacial score (nSPS) is 15.4. The predicted molar refractivity (Wildman–Crippen MR) is 128 cm³/mol. The molecule has 1 amide bonds. The summed E-state index contributed by atoms with van der Waals surface area (Å²) in [5, 5.41) is 7.48. The first kappa shape index (κ1) is 24.2. The van der Waals surface area contributed by atoms with Crippen molar-refractivity contribution < 1.29 is 17.6 Å². The second kappa shape index (κ2) is 8.99. The molecule has 1 fully saturated rings. The largest absolute Gasteiger partial charge is 0.345 e. The summed E-state index contributed by atoms with van der Waals surface area (Å²) in [5.74, 6) is -0.432. The van der Waals surface area contributed by atoms with Gasteiger partial charge in [0.25, 0.3) is 5.91 Å². The first-order valence-corrected chi connectivity index (χ1v) is 12.8. The van der Waals surface area contributed by atoms with Gasteiger partial charge in [0.2, 0.25) is 10.0 Å². The Morgan fingerprint density at radius 3 is 2.32 bits per heavy atom. The highest BCUT2D eigenvalue weighted by molar-refractivity contribution is 7.89. The number of carbonyl (C=O) groups excluding carboxylic acids is 1. The van der Waals surface area contributed by atoms with Crippen molar-refractivity contribution in [2.45, 2.75) is 50.3 Å². The number of aryl methyl sites for hydroxylation is 1. The Morgan fingerprint density at radius 1 is 1.06 bits per heavy atom. The minimum absolute atomic E-state index is 0.101. The Bertz CT molecular complexity index is 1300.